The van der Waals surface area contributed by atoms with E-state index in [4.69, 9.17) is 0 Å². The maximum absolute atomic E-state index is 13.8. The molecule has 1 rings (SSSR count). The average molecular weight is 322 g/mol. The van der Waals surface area contributed by atoms with Gasteiger partial charge in [0.2, 0.25) is 0 Å². The first-order valence-corrected chi connectivity index (χ1v) is 6.35. The number of benzene rings is 1. The Labute approximate surface area is 124 Å². The largest absolute Gasteiger partial charge is 0.459 e. The third-order valence-electron chi connectivity index (χ3n) is 2.36. The molecule has 0 unspecified atom stereocenters. The van der Waals surface area contributed by atoms with Gasteiger partial charge in [-0.3, -0.25) is 0 Å². The van der Waals surface area contributed by atoms with Crippen molar-refractivity contribution in [2.45, 2.75) is 39.9 Å². The third kappa shape index (κ3) is 3.55. The van der Waals surface area contributed by atoms with Gasteiger partial charge in [0.25, 0.3) is 0 Å². The Bertz CT molecular complexity index is 559. The minimum atomic E-state index is -2.21. The molecule has 0 fully saturated rings. The molecule has 0 heterocycles. The monoisotopic (exact) mass is 322 g/mol. The van der Waals surface area contributed by atoms with Crippen LogP contribution in [0.5, 0.6) is 0 Å². The number of hydrogen-bond donors (Lipinski definition) is 0. The van der Waals surface area contributed by atoms with E-state index in [1.54, 1.807) is 0 Å². The van der Waals surface area contributed by atoms with Crippen LogP contribution in [-0.4, -0.2) is 24.1 Å². The first-order chi connectivity index (χ1) is 10.1. The summed E-state index contributed by atoms with van der Waals surface area (Å²) in [5.74, 6) is -11.5. The van der Waals surface area contributed by atoms with Crippen molar-refractivity contribution >= 4 is 11.9 Å². The van der Waals surface area contributed by atoms with Crippen molar-refractivity contribution in [3.05, 3.63) is 34.4 Å². The van der Waals surface area contributed by atoms with Gasteiger partial charge in [0.15, 0.2) is 23.3 Å². The van der Waals surface area contributed by atoms with E-state index in [0.717, 1.165) is 0 Å². The molecule has 1 aromatic rings. The summed E-state index contributed by atoms with van der Waals surface area (Å²) in [6.07, 6.45) is -1.51. The number of carbonyl (C=O) groups is 2. The van der Waals surface area contributed by atoms with Gasteiger partial charge in [-0.1, -0.05) is 0 Å². The lowest BCUT2D eigenvalue weighted by atomic mass is 10.0. The quantitative estimate of drug-likeness (QED) is 0.369. The molecular weight excluding hydrogens is 308 g/mol. The lowest BCUT2D eigenvalue weighted by Crippen LogP contribution is -2.23. The molecule has 0 aliphatic rings. The molecule has 0 radical (unpaired) electrons. The van der Waals surface area contributed by atoms with Crippen LogP contribution in [0.15, 0.2) is 0 Å². The van der Waals surface area contributed by atoms with Gasteiger partial charge in [0.05, 0.1) is 12.2 Å². The Morgan fingerprint density at radius 1 is 0.682 bits per heavy atom. The second-order valence-corrected chi connectivity index (χ2v) is 4.91. The Morgan fingerprint density at radius 3 is 1.18 bits per heavy atom. The fraction of sp³-hybridized carbons (Fsp3) is 0.429. The van der Waals surface area contributed by atoms with Crippen molar-refractivity contribution in [2.75, 3.05) is 0 Å². The molecule has 22 heavy (non-hydrogen) atoms. The summed E-state index contributed by atoms with van der Waals surface area (Å²) in [6, 6.07) is 0. The first-order valence-electron chi connectivity index (χ1n) is 6.35. The summed E-state index contributed by atoms with van der Waals surface area (Å²) in [5, 5.41) is 0. The van der Waals surface area contributed by atoms with Crippen molar-refractivity contribution in [3.8, 4) is 0 Å². The fourth-order valence-corrected chi connectivity index (χ4v) is 1.56. The molecule has 0 aliphatic carbocycles. The molecule has 0 spiro atoms. The summed E-state index contributed by atoms with van der Waals surface area (Å²) in [7, 11) is 0. The molecule has 0 atom stereocenters. The molecule has 4 nitrogen and oxygen atoms in total. The van der Waals surface area contributed by atoms with Crippen molar-refractivity contribution in [2.24, 2.45) is 0 Å². The zero-order chi connectivity index (χ0) is 17.2. The standard InChI is InChI=1S/C14H14F4O4/c1-5(2)21-13(19)7-8(14(20)22-6(3)4)10(16)12(18)11(17)9(7)15/h5-6H,1-4H3. The topological polar surface area (TPSA) is 52.6 Å². The average Bonchev–Trinajstić information content (AvgIpc) is 2.38. The first kappa shape index (κ1) is 17.9. The highest BCUT2D eigenvalue weighted by Gasteiger charge is 2.35. The Balaban J connectivity index is 3.58. The molecule has 1 aromatic carbocycles. The summed E-state index contributed by atoms with van der Waals surface area (Å²) in [6.45, 7) is 5.60. The zero-order valence-electron chi connectivity index (χ0n) is 12.3. The second kappa shape index (κ2) is 6.76. The van der Waals surface area contributed by atoms with Crippen LogP contribution in [-0.2, 0) is 9.47 Å². The van der Waals surface area contributed by atoms with E-state index >= 15 is 0 Å². The number of carbonyl (C=O) groups excluding carboxylic acids is 2. The van der Waals surface area contributed by atoms with Gasteiger partial charge < -0.3 is 9.47 Å². The van der Waals surface area contributed by atoms with Crippen molar-refractivity contribution in [1.29, 1.82) is 0 Å². The van der Waals surface area contributed by atoms with Crippen LogP contribution in [0.25, 0.3) is 0 Å². The zero-order valence-corrected chi connectivity index (χ0v) is 12.3. The van der Waals surface area contributed by atoms with Crippen LogP contribution in [0.3, 0.4) is 0 Å². The highest BCUT2D eigenvalue weighted by Crippen LogP contribution is 2.26. The van der Waals surface area contributed by atoms with E-state index in [0.29, 0.717) is 0 Å². The van der Waals surface area contributed by atoms with Crippen LogP contribution in [0, 0.1) is 23.3 Å². The van der Waals surface area contributed by atoms with Gasteiger partial charge in [-0.15, -0.1) is 0 Å². The third-order valence-corrected chi connectivity index (χ3v) is 2.36. The summed E-state index contributed by atoms with van der Waals surface area (Å²) >= 11 is 0. The van der Waals surface area contributed by atoms with E-state index in [-0.39, 0.29) is 0 Å². The normalized spacial score (nSPS) is 11.0. The Kier molecular flexibility index (Phi) is 5.51. The molecule has 0 saturated heterocycles. The van der Waals surface area contributed by atoms with Crippen LogP contribution in [0.1, 0.15) is 48.4 Å². The Morgan fingerprint density at radius 2 is 0.955 bits per heavy atom. The molecule has 0 N–H and O–H groups in total. The molecule has 0 aliphatic heterocycles. The molecule has 0 saturated carbocycles. The van der Waals surface area contributed by atoms with E-state index in [2.05, 4.69) is 9.47 Å². The van der Waals surface area contributed by atoms with Gasteiger partial charge in [-0.2, -0.15) is 0 Å². The smallest absolute Gasteiger partial charge is 0.342 e. The molecule has 0 amide bonds. The van der Waals surface area contributed by atoms with E-state index in [9.17, 15) is 27.2 Å². The number of halogens is 4. The lowest BCUT2D eigenvalue weighted by Gasteiger charge is -2.15. The van der Waals surface area contributed by atoms with Gasteiger partial charge in [0, 0.05) is 0 Å². The maximum Gasteiger partial charge on any atom is 0.342 e. The van der Waals surface area contributed by atoms with Crippen molar-refractivity contribution in [1.82, 2.24) is 0 Å². The van der Waals surface area contributed by atoms with E-state index in [1.165, 1.54) is 27.7 Å². The molecule has 8 heteroatoms. The van der Waals surface area contributed by atoms with Gasteiger partial charge in [-0.25, -0.2) is 27.2 Å². The predicted octanol–water partition coefficient (Wildman–Crippen LogP) is 3.37. The van der Waals surface area contributed by atoms with Crippen LogP contribution < -0.4 is 0 Å². The minimum absolute atomic E-state index is 0.753. The van der Waals surface area contributed by atoms with Crippen LogP contribution in [0.2, 0.25) is 0 Å². The fourth-order valence-electron chi connectivity index (χ4n) is 1.56. The molecular formula is C14H14F4O4. The van der Waals surface area contributed by atoms with Gasteiger partial charge in [0.1, 0.15) is 11.1 Å². The number of ether oxygens (including phenoxy) is 2. The second-order valence-electron chi connectivity index (χ2n) is 4.91. The van der Waals surface area contributed by atoms with E-state index < -0.39 is 58.5 Å². The molecule has 0 aromatic heterocycles. The number of rotatable bonds is 4. The van der Waals surface area contributed by atoms with Crippen LogP contribution >= 0.6 is 0 Å². The minimum Gasteiger partial charge on any atom is -0.459 e. The SMILES string of the molecule is CC(C)OC(=O)c1c(F)c(F)c(F)c(F)c1C(=O)OC(C)C. The predicted molar refractivity (Wildman–Crippen MR) is 67.4 cm³/mol. The summed E-state index contributed by atoms with van der Waals surface area (Å²) in [4.78, 5) is 23.6. The summed E-state index contributed by atoms with van der Waals surface area (Å²) in [5.41, 5.74) is -2.67. The highest BCUT2D eigenvalue weighted by atomic mass is 19.2. The van der Waals surface area contributed by atoms with Gasteiger partial charge in [-0.05, 0) is 27.7 Å². The lowest BCUT2D eigenvalue weighted by molar-refractivity contribution is 0.0315. The van der Waals surface area contributed by atoms with Gasteiger partial charge >= 0.3 is 11.9 Å². The Hall–Kier alpha value is -2.12. The number of esters is 2. The van der Waals surface area contributed by atoms with Crippen LogP contribution in [0.4, 0.5) is 17.6 Å². The van der Waals surface area contributed by atoms with Crippen molar-refractivity contribution < 1.29 is 36.6 Å². The molecule has 122 valence electrons. The maximum atomic E-state index is 13.8. The summed E-state index contributed by atoms with van der Waals surface area (Å²) < 4.78 is 63.5. The van der Waals surface area contributed by atoms with Crippen molar-refractivity contribution in [3.63, 3.8) is 0 Å². The van der Waals surface area contributed by atoms with E-state index in [1.807, 2.05) is 0 Å². The highest BCUT2D eigenvalue weighted by molar-refractivity contribution is 6.03. The molecule has 0 bridgehead atoms. The number of hydrogen-bond acceptors (Lipinski definition) is 4.